The fraction of sp³-hybridized carbons (Fsp3) is 0.409. The van der Waals surface area contributed by atoms with Crippen LogP contribution in [-0.2, 0) is 16.8 Å². The summed E-state index contributed by atoms with van der Waals surface area (Å²) >= 11 is 1.72. The van der Waals surface area contributed by atoms with Gasteiger partial charge in [0, 0.05) is 29.2 Å². The van der Waals surface area contributed by atoms with E-state index >= 15 is 0 Å². The molecule has 1 aromatic carbocycles. The summed E-state index contributed by atoms with van der Waals surface area (Å²) in [6, 6.07) is 14.9. The number of rotatable bonds is 6. The van der Waals surface area contributed by atoms with Crippen molar-refractivity contribution < 1.29 is 4.79 Å². The van der Waals surface area contributed by atoms with E-state index in [1.54, 1.807) is 11.3 Å². The summed E-state index contributed by atoms with van der Waals surface area (Å²) in [5.41, 5.74) is 2.29. The molecule has 1 saturated carbocycles. The van der Waals surface area contributed by atoms with E-state index in [0.29, 0.717) is 0 Å². The third kappa shape index (κ3) is 3.07. The Bertz CT molecular complexity index is 888. The maximum absolute atomic E-state index is 13.0. The van der Waals surface area contributed by atoms with Crippen molar-refractivity contribution in [3.63, 3.8) is 0 Å². The number of amides is 1. The highest BCUT2D eigenvalue weighted by atomic mass is 32.1. The topological polar surface area (TPSA) is 34.0 Å². The average molecular weight is 367 g/mol. The molecule has 0 atom stereocenters. The summed E-state index contributed by atoms with van der Waals surface area (Å²) in [5.74, 6) is 0.228. The molecule has 0 saturated heterocycles. The minimum atomic E-state index is -0.274. The maximum Gasteiger partial charge on any atom is 0.231 e. The van der Waals surface area contributed by atoms with Gasteiger partial charge in [-0.25, -0.2) is 0 Å². The molecule has 2 aromatic heterocycles. The number of para-hydroxylation sites is 1. The van der Waals surface area contributed by atoms with Crippen molar-refractivity contribution in [2.24, 2.45) is 0 Å². The number of aromatic nitrogens is 1. The van der Waals surface area contributed by atoms with Crippen LogP contribution < -0.4 is 5.32 Å². The van der Waals surface area contributed by atoms with Gasteiger partial charge in [0.1, 0.15) is 0 Å². The third-order valence-electron chi connectivity index (χ3n) is 5.75. The highest BCUT2D eigenvalue weighted by Gasteiger charge is 2.43. The molecule has 2 heterocycles. The van der Waals surface area contributed by atoms with Crippen LogP contribution in [0.25, 0.3) is 10.9 Å². The number of fused-ring (bicyclic) bond motifs is 1. The maximum atomic E-state index is 13.0. The lowest BCUT2D eigenvalue weighted by Gasteiger charge is -2.26. The Kier molecular flexibility index (Phi) is 4.86. The molecule has 1 aliphatic carbocycles. The monoisotopic (exact) mass is 366 g/mol. The van der Waals surface area contributed by atoms with Gasteiger partial charge in [0.05, 0.1) is 5.41 Å². The van der Waals surface area contributed by atoms with E-state index in [1.807, 2.05) is 0 Å². The van der Waals surface area contributed by atoms with Gasteiger partial charge in [0.15, 0.2) is 0 Å². The number of aryl methyl sites for hydroxylation is 2. The fourth-order valence-corrected chi connectivity index (χ4v) is 5.35. The third-order valence-corrected chi connectivity index (χ3v) is 6.82. The Morgan fingerprint density at radius 3 is 2.77 bits per heavy atom. The molecule has 0 radical (unpaired) electrons. The van der Waals surface area contributed by atoms with E-state index in [2.05, 4.69) is 64.7 Å². The lowest BCUT2D eigenvalue weighted by molar-refractivity contribution is -0.126. The second-order valence-electron chi connectivity index (χ2n) is 7.37. The first-order valence-corrected chi connectivity index (χ1v) is 10.5. The minimum absolute atomic E-state index is 0.228. The molecule has 1 fully saturated rings. The molecule has 3 aromatic rings. The molecule has 1 aliphatic rings. The van der Waals surface area contributed by atoms with Crippen molar-refractivity contribution in [2.45, 2.75) is 51.0 Å². The van der Waals surface area contributed by atoms with Crippen LogP contribution in [0.1, 0.15) is 42.7 Å². The largest absolute Gasteiger partial charge is 0.355 e. The van der Waals surface area contributed by atoms with Gasteiger partial charge >= 0.3 is 0 Å². The Morgan fingerprint density at radius 1 is 1.19 bits per heavy atom. The molecule has 1 N–H and O–H groups in total. The van der Waals surface area contributed by atoms with Crippen LogP contribution in [0.5, 0.6) is 0 Å². The SMILES string of the molecule is Cc1cc2ccccc2n1CCCNC(=O)C1(c2cccs2)CCCC1. The van der Waals surface area contributed by atoms with Crippen molar-refractivity contribution in [3.8, 4) is 0 Å². The second-order valence-corrected chi connectivity index (χ2v) is 8.32. The Labute approximate surface area is 159 Å². The number of nitrogens with one attached hydrogen (secondary N) is 1. The number of hydrogen-bond donors (Lipinski definition) is 1. The number of thiophene rings is 1. The summed E-state index contributed by atoms with van der Waals surface area (Å²) in [7, 11) is 0. The molecule has 26 heavy (non-hydrogen) atoms. The first kappa shape index (κ1) is 17.3. The Balaban J connectivity index is 1.38. The van der Waals surface area contributed by atoms with Gasteiger partial charge in [-0.1, -0.05) is 37.1 Å². The molecule has 3 nitrogen and oxygen atoms in total. The minimum Gasteiger partial charge on any atom is -0.355 e. The van der Waals surface area contributed by atoms with E-state index in [-0.39, 0.29) is 11.3 Å². The summed E-state index contributed by atoms with van der Waals surface area (Å²) in [6.45, 7) is 3.83. The number of hydrogen-bond acceptors (Lipinski definition) is 2. The van der Waals surface area contributed by atoms with Gasteiger partial charge in [-0.15, -0.1) is 11.3 Å². The predicted octanol–water partition coefficient (Wildman–Crippen LogP) is 5.03. The summed E-state index contributed by atoms with van der Waals surface area (Å²) < 4.78 is 2.35. The van der Waals surface area contributed by atoms with Crippen molar-refractivity contribution in [3.05, 3.63) is 58.4 Å². The zero-order valence-corrected chi connectivity index (χ0v) is 16.1. The van der Waals surface area contributed by atoms with E-state index in [0.717, 1.165) is 45.2 Å². The van der Waals surface area contributed by atoms with Crippen LogP contribution >= 0.6 is 11.3 Å². The lowest BCUT2D eigenvalue weighted by Crippen LogP contribution is -2.42. The Hall–Kier alpha value is -2.07. The number of carbonyl (C=O) groups excluding carboxylic acids is 1. The number of nitrogens with zero attached hydrogens (tertiary/aromatic N) is 1. The van der Waals surface area contributed by atoms with E-state index in [9.17, 15) is 4.79 Å². The molecule has 1 amide bonds. The zero-order valence-electron chi connectivity index (χ0n) is 15.3. The van der Waals surface area contributed by atoms with Crippen molar-refractivity contribution >= 4 is 28.1 Å². The van der Waals surface area contributed by atoms with Gasteiger partial charge < -0.3 is 9.88 Å². The highest BCUT2D eigenvalue weighted by molar-refractivity contribution is 7.10. The van der Waals surface area contributed by atoms with E-state index < -0.39 is 0 Å². The van der Waals surface area contributed by atoms with Crippen molar-refractivity contribution in [1.82, 2.24) is 9.88 Å². The van der Waals surface area contributed by atoms with Crippen LogP contribution in [-0.4, -0.2) is 17.0 Å². The molecule has 136 valence electrons. The predicted molar refractivity (Wildman–Crippen MR) is 109 cm³/mol. The van der Waals surface area contributed by atoms with Crippen LogP contribution in [0.3, 0.4) is 0 Å². The molecular formula is C22H26N2OS. The highest BCUT2D eigenvalue weighted by Crippen LogP contribution is 2.43. The zero-order chi connectivity index (χ0) is 18.0. The fourth-order valence-electron chi connectivity index (χ4n) is 4.37. The average Bonchev–Trinajstić information content (AvgIpc) is 3.38. The number of carbonyl (C=O) groups is 1. The molecule has 0 spiro atoms. The smallest absolute Gasteiger partial charge is 0.231 e. The van der Waals surface area contributed by atoms with E-state index in [1.165, 1.54) is 21.5 Å². The summed E-state index contributed by atoms with van der Waals surface area (Å²) in [4.78, 5) is 14.2. The van der Waals surface area contributed by atoms with Gasteiger partial charge in [-0.3, -0.25) is 4.79 Å². The first-order chi connectivity index (χ1) is 12.7. The molecule has 4 heteroatoms. The lowest BCUT2D eigenvalue weighted by atomic mass is 9.83. The summed E-state index contributed by atoms with van der Waals surface area (Å²) in [5, 5.41) is 6.61. The van der Waals surface area contributed by atoms with Crippen LogP contribution in [0.4, 0.5) is 0 Å². The standard InChI is InChI=1S/C22H26N2OS/c1-17-16-18-8-2-3-9-19(18)24(17)14-7-13-23-21(25)22(11-4-5-12-22)20-10-6-15-26-20/h2-3,6,8-10,15-16H,4-5,7,11-14H2,1H3,(H,23,25). The molecule has 0 aliphatic heterocycles. The van der Waals surface area contributed by atoms with Crippen molar-refractivity contribution in [1.29, 1.82) is 0 Å². The normalized spacial score (nSPS) is 16.2. The van der Waals surface area contributed by atoms with Crippen LogP contribution in [0.2, 0.25) is 0 Å². The quantitative estimate of drug-likeness (QED) is 0.610. The Morgan fingerprint density at radius 2 is 2.00 bits per heavy atom. The first-order valence-electron chi connectivity index (χ1n) is 9.58. The van der Waals surface area contributed by atoms with E-state index in [4.69, 9.17) is 0 Å². The number of benzene rings is 1. The van der Waals surface area contributed by atoms with Gasteiger partial charge in [-0.05, 0) is 55.2 Å². The molecule has 0 unspecified atom stereocenters. The molecule has 4 rings (SSSR count). The van der Waals surface area contributed by atoms with Crippen LogP contribution in [0, 0.1) is 6.92 Å². The van der Waals surface area contributed by atoms with Gasteiger partial charge in [0.25, 0.3) is 0 Å². The van der Waals surface area contributed by atoms with Gasteiger partial charge in [0.2, 0.25) is 5.91 Å². The second kappa shape index (κ2) is 7.28. The van der Waals surface area contributed by atoms with Gasteiger partial charge in [-0.2, -0.15) is 0 Å². The van der Waals surface area contributed by atoms with Crippen molar-refractivity contribution in [2.75, 3.05) is 6.54 Å². The summed E-state index contributed by atoms with van der Waals surface area (Å²) in [6.07, 6.45) is 5.23. The molecule has 0 bridgehead atoms. The van der Waals surface area contributed by atoms with Crippen LogP contribution in [0.15, 0.2) is 47.8 Å². The molecular weight excluding hydrogens is 340 g/mol.